The van der Waals surface area contributed by atoms with Crippen LogP contribution in [0.15, 0.2) is 29.2 Å². The molecule has 2 saturated carbocycles. The minimum absolute atomic E-state index is 0.00203. The zero-order valence-corrected chi connectivity index (χ0v) is 23.1. The number of rotatable bonds is 8. The van der Waals surface area contributed by atoms with Crippen LogP contribution in [0.5, 0.6) is 0 Å². The van der Waals surface area contributed by atoms with Gasteiger partial charge in [0, 0.05) is 18.6 Å². The third kappa shape index (κ3) is 7.26. The van der Waals surface area contributed by atoms with Crippen molar-refractivity contribution in [2.45, 2.75) is 101 Å². The highest BCUT2D eigenvalue weighted by molar-refractivity contribution is 7.90. The van der Waals surface area contributed by atoms with E-state index in [0.29, 0.717) is 18.4 Å². The Balaban J connectivity index is 1.40. The van der Waals surface area contributed by atoms with Gasteiger partial charge in [0.1, 0.15) is 6.04 Å². The third-order valence-corrected chi connectivity index (χ3v) is 9.79. The lowest BCUT2D eigenvalue weighted by Gasteiger charge is -2.32. The van der Waals surface area contributed by atoms with Gasteiger partial charge in [-0.3, -0.25) is 4.79 Å². The lowest BCUT2D eigenvalue weighted by atomic mass is 9.81. The Hall–Kier alpha value is -2.64. The van der Waals surface area contributed by atoms with E-state index >= 15 is 0 Å². The van der Waals surface area contributed by atoms with Gasteiger partial charge in [0.15, 0.2) is 0 Å². The third-order valence-electron chi connectivity index (χ3n) is 8.44. The van der Waals surface area contributed by atoms with E-state index in [1.54, 1.807) is 17.0 Å². The van der Waals surface area contributed by atoms with Gasteiger partial charge in [-0.15, -0.1) is 0 Å². The zero-order valence-electron chi connectivity index (χ0n) is 22.3. The first-order valence-electron chi connectivity index (χ1n) is 14.1. The summed E-state index contributed by atoms with van der Waals surface area (Å²) in [4.78, 5) is 27.0. The summed E-state index contributed by atoms with van der Waals surface area (Å²) in [6, 6.07) is 7.69. The van der Waals surface area contributed by atoms with Gasteiger partial charge in [-0.1, -0.05) is 38.3 Å². The van der Waals surface area contributed by atoms with Gasteiger partial charge < -0.3 is 15.5 Å². The molecule has 0 aromatic heterocycles. The van der Waals surface area contributed by atoms with Crippen molar-refractivity contribution in [3.8, 4) is 6.07 Å². The van der Waals surface area contributed by atoms with Crippen molar-refractivity contribution in [1.29, 1.82) is 5.26 Å². The van der Waals surface area contributed by atoms with Crippen molar-refractivity contribution in [3.63, 3.8) is 0 Å². The van der Waals surface area contributed by atoms with Crippen molar-refractivity contribution >= 4 is 22.0 Å². The van der Waals surface area contributed by atoms with Gasteiger partial charge in [-0.25, -0.2) is 17.9 Å². The normalized spacial score (nSPS) is 25.4. The van der Waals surface area contributed by atoms with Crippen LogP contribution < -0.4 is 15.4 Å². The summed E-state index contributed by atoms with van der Waals surface area (Å²) < 4.78 is 27.9. The Morgan fingerprint density at radius 1 is 1.00 bits per heavy atom. The highest BCUT2D eigenvalue weighted by Gasteiger charge is 2.31. The number of likely N-dealkylation sites (tertiary alicyclic amines) is 1. The van der Waals surface area contributed by atoms with Crippen LogP contribution in [-0.4, -0.2) is 50.4 Å². The molecule has 208 valence electrons. The number of benzene rings is 1. The van der Waals surface area contributed by atoms with Gasteiger partial charge in [-0.05, 0) is 80.9 Å². The predicted octanol–water partition coefficient (Wildman–Crippen LogP) is 3.98. The Kier molecular flexibility index (Phi) is 9.66. The fourth-order valence-electron chi connectivity index (χ4n) is 6.18. The van der Waals surface area contributed by atoms with Crippen LogP contribution in [0.2, 0.25) is 0 Å². The Morgan fingerprint density at radius 2 is 1.68 bits per heavy atom. The van der Waals surface area contributed by atoms with Gasteiger partial charge in [-0.2, -0.15) is 5.26 Å². The van der Waals surface area contributed by atoms with E-state index in [1.807, 2.05) is 0 Å². The first-order chi connectivity index (χ1) is 18.3. The Bertz CT molecular complexity index is 1100. The maximum absolute atomic E-state index is 12.9. The van der Waals surface area contributed by atoms with Crippen molar-refractivity contribution in [3.05, 3.63) is 29.8 Å². The number of nitriles is 1. The second kappa shape index (κ2) is 12.9. The Labute approximate surface area is 226 Å². The van der Waals surface area contributed by atoms with Gasteiger partial charge in [0.25, 0.3) is 10.0 Å². The lowest BCUT2D eigenvalue weighted by molar-refractivity contribution is -0.130. The van der Waals surface area contributed by atoms with E-state index in [4.69, 9.17) is 0 Å². The topological polar surface area (TPSA) is 131 Å². The largest absolute Gasteiger partial charge is 0.335 e. The summed E-state index contributed by atoms with van der Waals surface area (Å²) in [5.41, 5.74) is 0.919. The number of carbonyl (C=O) groups excluding carboxylic acids is 2. The van der Waals surface area contributed by atoms with Crippen LogP contribution in [0, 0.1) is 23.2 Å². The average molecular weight is 544 g/mol. The molecule has 1 heterocycles. The molecule has 2 aliphatic carbocycles. The van der Waals surface area contributed by atoms with Crippen molar-refractivity contribution in [1.82, 2.24) is 20.3 Å². The average Bonchev–Trinajstić information content (AvgIpc) is 3.40. The molecule has 10 heteroatoms. The molecule has 1 saturated heterocycles. The number of hydrogen-bond acceptors (Lipinski definition) is 6. The first kappa shape index (κ1) is 28.4. The molecule has 1 aromatic carbocycles. The molecule has 0 bridgehead atoms. The van der Waals surface area contributed by atoms with Crippen LogP contribution in [0.1, 0.15) is 89.2 Å². The van der Waals surface area contributed by atoms with Crippen LogP contribution in [0.4, 0.5) is 4.79 Å². The number of urea groups is 1. The smallest absolute Gasteiger partial charge is 0.328 e. The van der Waals surface area contributed by atoms with Crippen molar-refractivity contribution < 1.29 is 18.0 Å². The van der Waals surface area contributed by atoms with Crippen molar-refractivity contribution in [2.24, 2.45) is 11.8 Å². The Morgan fingerprint density at radius 3 is 2.34 bits per heavy atom. The molecule has 4 rings (SSSR count). The molecular weight excluding hydrogens is 502 g/mol. The zero-order chi connectivity index (χ0) is 27.1. The summed E-state index contributed by atoms with van der Waals surface area (Å²) in [5.74, 6) is 0.904. The second-order valence-electron chi connectivity index (χ2n) is 11.2. The summed E-state index contributed by atoms with van der Waals surface area (Å²) >= 11 is 0. The maximum atomic E-state index is 12.9. The summed E-state index contributed by atoms with van der Waals surface area (Å²) in [7, 11) is -4.01. The van der Waals surface area contributed by atoms with Crippen LogP contribution in [0.25, 0.3) is 0 Å². The number of sulfonamides is 1. The molecule has 2 atom stereocenters. The van der Waals surface area contributed by atoms with Crippen LogP contribution >= 0.6 is 0 Å². The maximum Gasteiger partial charge on any atom is 0.328 e. The fourth-order valence-corrected chi connectivity index (χ4v) is 7.09. The molecule has 9 nitrogen and oxygen atoms in total. The van der Waals surface area contributed by atoms with Gasteiger partial charge in [0.2, 0.25) is 5.91 Å². The fraction of sp³-hybridized carbons (Fsp3) is 0.679. The quantitative estimate of drug-likeness (QED) is 0.455. The van der Waals surface area contributed by atoms with Crippen molar-refractivity contribution in [2.75, 3.05) is 13.1 Å². The molecule has 3 N–H and O–H groups in total. The van der Waals surface area contributed by atoms with Gasteiger partial charge >= 0.3 is 6.03 Å². The monoisotopic (exact) mass is 543 g/mol. The number of nitrogens with zero attached hydrogens (tertiary/aromatic N) is 2. The SMILES string of the molecule is CC1CCC(NC(=O)NS(=O)(=O)c2ccc(C(NCC(=O)N3CCC[C@H]3C#N)C3CCCCC3)cc2)CC1. The summed E-state index contributed by atoms with van der Waals surface area (Å²) in [6.45, 7) is 2.94. The minimum Gasteiger partial charge on any atom is -0.335 e. The molecule has 3 fully saturated rings. The lowest BCUT2D eigenvalue weighted by Crippen LogP contribution is -2.45. The molecule has 3 amide bonds. The van der Waals surface area contributed by atoms with Crippen LogP contribution in [-0.2, 0) is 14.8 Å². The molecule has 3 aliphatic rings. The molecule has 1 aliphatic heterocycles. The van der Waals surface area contributed by atoms with E-state index in [0.717, 1.165) is 69.8 Å². The number of nitrogens with one attached hydrogen (secondary N) is 3. The molecule has 0 spiro atoms. The standard InChI is InChI=1S/C28H41N5O4S/c1-20-9-13-23(14-10-20)31-28(35)32-38(36,37)25-15-11-22(12-16-25)27(21-6-3-2-4-7-21)30-19-26(34)33-17-5-8-24(33)18-29/h11-12,15-16,20-21,23-24,27,30H,2-10,13-14,17,19H2,1H3,(H2,31,32,35)/t20?,23?,24-,27?/m0/s1. The number of amides is 3. The molecular formula is C28H41N5O4S. The predicted molar refractivity (Wildman–Crippen MR) is 144 cm³/mol. The van der Waals surface area contributed by atoms with Gasteiger partial charge in [0.05, 0.1) is 17.5 Å². The molecule has 1 unspecified atom stereocenters. The number of carbonyl (C=O) groups is 2. The summed E-state index contributed by atoms with van der Waals surface area (Å²) in [6.07, 6.45) is 10.9. The molecule has 0 radical (unpaired) electrons. The second-order valence-corrected chi connectivity index (χ2v) is 12.9. The van der Waals surface area contributed by atoms with Crippen LogP contribution in [0.3, 0.4) is 0 Å². The highest BCUT2D eigenvalue weighted by Crippen LogP contribution is 2.35. The highest BCUT2D eigenvalue weighted by atomic mass is 32.2. The minimum atomic E-state index is -4.01. The molecule has 1 aromatic rings. The molecule has 38 heavy (non-hydrogen) atoms. The summed E-state index contributed by atoms with van der Waals surface area (Å²) in [5, 5.41) is 15.6. The van der Waals surface area contributed by atoms with E-state index in [2.05, 4.69) is 28.3 Å². The van der Waals surface area contributed by atoms with E-state index in [1.165, 1.54) is 18.6 Å². The first-order valence-corrected chi connectivity index (χ1v) is 15.6. The number of hydrogen-bond donors (Lipinski definition) is 3. The van der Waals surface area contributed by atoms with E-state index in [9.17, 15) is 23.3 Å². The van der Waals surface area contributed by atoms with E-state index < -0.39 is 16.1 Å². The van der Waals surface area contributed by atoms with E-state index in [-0.39, 0.29) is 35.5 Å².